The van der Waals surface area contributed by atoms with E-state index in [2.05, 4.69) is 23.2 Å². The number of benzene rings is 1. The standard InChI is InChI=1S/C16H21N3O/c1-12(18-9-7-17-8-10-18)15-11-19(13(2)20)16-6-4-3-5-14(15)16/h3-6,11-12,17H,7-10H2,1-2H3/t12-/m0/s1. The molecule has 1 saturated heterocycles. The van der Waals surface area contributed by atoms with Gasteiger partial charge in [-0.2, -0.15) is 0 Å². The highest BCUT2D eigenvalue weighted by molar-refractivity contribution is 5.93. The van der Waals surface area contributed by atoms with Gasteiger partial charge < -0.3 is 5.32 Å². The summed E-state index contributed by atoms with van der Waals surface area (Å²) in [5.74, 6) is 0.0694. The largest absolute Gasteiger partial charge is 0.314 e. The molecule has 0 unspecified atom stereocenters. The lowest BCUT2D eigenvalue weighted by molar-refractivity contribution is 0.0941. The molecule has 0 bridgehead atoms. The number of hydrogen-bond acceptors (Lipinski definition) is 3. The third-order valence-corrected chi connectivity index (χ3v) is 4.23. The van der Waals surface area contributed by atoms with E-state index in [1.54, 1.807) is 11.5 Å². The maximum atomic E-state index is 11.8. The maximum absolute atomic E-state index is 11.8. The molecule has 20 heavy (non-hydrogen) atoms. The van der Waals surface area contributed by atoms with Crippen molar-refractivity contribution in [2.24, 2.45) is 0 Å². The fourth-order valence-corrected chi connectivity index (χ4v) is 3.07. The zero-order valence-corrected chi connectivity index (χ0v) is 12.1. The molecule has 3 rings (SSSR count). The minimum Gasteiger partial charge on any atom is -0.314 e. The number of hydrogen-bond donors (Lipinski definition) is 1. The molecule has 0 aliphatic carbocycles. The van der Waals surface area contributed by atoms with Crippen LogP contribution in [-0.4, -0.2) is 41.6 Å². The number of carbonyl (C=O) groups is 1. The smallest absolute Gasteiger partial charge is 0.227 e. The minimum absolute atomic E-state index is 0.0694. The van der Waals surface area contributed by atoms with Gasteiger partial charge in [0.25, 0.3) is 0 Å². The molecule has 0 amide bonds. The first-order valence-electron chi connectivity index (χ1n) is 7.24. The molecule has 106 valence electrons. The number of fused-ring (bicyclic) bond motifs is 1. The molecule has 1 N–H and O–H groups in total. The van der Waals surface area contributed by atoms with E-state index in [1.165, 1.54) is 10.9 Å². The lowest BCUT2D eigenvalue weighted by Gasteiger charge is -2.32. The van der Waals surface area contributed by atoms with E-state index in [4.69, 9.17) is 0 Å². The van der Waals surface area contributed by atoms with Crippen LogP contribution in [0.4, 0.5) is 0 Å². The topological polar surface area (TPSA) is 37.3 Å². The van der Waals surface area contributed by atoms with Crippen molar-refractivity contribution in [1.82, 2.24) is 14.8 Å². The van der Waals surface area contributed by atoms with Crippen molar-refractivity contribution in [3.05, 3.63) is 36.0 Å². The van der Waals surface area contributed by atoms with Crippen molar-refractivity contribution in [2.45, 2.75) is 19.9 Å². The molecule has 2 heterocycles. The molecule has 1 fully saturated rings. The fraction of sp³-hybridized carbons (Fsp3) is 0.438. The summed E-state index contributed by atoms with van der Waals surface area (Å²) in [7, 11) is 0. The average Bonchev–Trinajstić information content (AvgIpc) is 2.87. The molecule has 4 nitrogen and oxygen atoms in total. The van der Waals surface area contributed by atoms with Gasteiger partial charge >= 0.3 is 0 Å². The van der Waals surface area contributed by atoms with Gasteiger partial charge in [-0.3, -0.25) is 14.3 Å². The number of aromatic nitrogens is 1. The van der Waals surface area contributed by atoms with Crippen LogP contribution in [0.3, 0.4) is 0 Å². The van der Waals surface area contributed by atoms with Crippen LogP contribution in [0.1, 0.15) is 30.2 Å². The molecule has 0 radical (unpaired) electrons. The highest BCUT2D eigenvalue weighted by atomic mass is 16.1. The van der Waals surface area contributed by atoms with Gasteiger partial charge in [0.05, 0.1) is 5.52 Å². The Hall–Kier alpha value is -1.65. The zero-order valence-electron chi connectivity index (χ0n) is 12.1. The Morgan fingerprint density at radius 2 is 1.95 bits per heavy atom. The zero-order chi connectivity index (χ0) is 14.1. The van der Waals surface area contributed by atoms with E-state index < -0.39 is 0 Å². The average molecular weight is 271 g/mol. The van der Waals surface area contributed by atoms with E-state index >= 15 is 0 Å². The SMILES string of the molecule is CC(=O)n1cc([C@H](C)N2CCNCC2)c2ccccc21. The number of piperazine rings is 1. The molecule has 1 aromatic heterocycles. The van der Waals surface area contributed by atoms with Crippen LogP contribution in [0.25, 0.3) is 10.9 Å². The van der Waals surface area contributed by atoms with Gasteiger partial charge in [-0.15, -0.1) is 0 Å². The minimum atomic E-state index is 0.0694. The molecule has 1 aliphatic heterocycles. The first-order chi connectivity index (χ1) is 9.68. The summed E-state index contributed by atoms with van der Waals surface area (Å²) in [5, 5.41) is 4.57. The van der Waals surface area contributed by atoms with Crippen molar-refractivity contribution in [3.8, 4) is 0 Å². The predicted octanol–water partition coefficient (Wildman–Crippen LogP) is 2.27. The van der Waals surface area contributed by atoms with Crippen LogP contribution >= 0.6 is 0 Å². The second kappa shape index (κ2) is 5.38. The lowest BCUT2D eigenvalue weighted by Crippen LogP contribution is -2.44. The Labute approximate surface area is 119 Å². The second-order valence-electron chi connectivity index (χ2n) is 5.45. The van der Waals surface area contributed by atoms with Crippen LogP contribution in [0, 0.1) is 0 Å². The molecule has 4 heteroatoms. The predicted molar refractivity (Wildman–Crippen MR) is 81.1 cm³/mol. The molecule has 1 aliphatic rings. The van der Waals surface area contributed by atoms with E-state index in [1.807, 2.05) is 24.4 Å². The molecule has 1 atom stereocenters. The summed E-state index contributed by atoms with van der Waals surface area (Å²) in [5.41, 5.74) is 2.26. The summed E-state index contributed by atoms with van der Waals surface area (Å²) in [6.45, 7) is 8.04. The molecule has 1 aromatic carbocycles. The van der Waals surface area contributed by atoms with Crippen LogP contribution in [-0.2, 0) is 0 Å². The number of rotatable bonds is 2. The Morgan fingerprint density at radius 1 is 1.25 bits per heavy atom. The number of nitrogens with one attached hydrogen (secondary N) is 1. The monoisotopic (exact) mass is 271 g/mol. The van der Waals surface area contributed by atoms with Crippen LogP contribution in [0.15, 0.2) is 30.5 Å². The highest BCUT2D eigenvalue weighted by Gasteiger charge is 2.22. The fourth-order valence-electron chi connectivity index (χ4n) is 3.07. The van der Waals surface area contributed by atoms with Crippen molar-refractivity contribution < 1.29 is 4.79 Å². The Balaban J connectivity index is 2.04. The third kappa shape index (κ3) is 2.25. The van der Waals surface area contributed by atoms with Crippen LogP contribution in [0.5, 0.6) is 0 Å². The first-order valence-corrected chi connectivity index (χ1v) is 7.24. The molecule has 0 spiro atoms. The number of para-hydroxylation sites is 1. The van der Waals surface area contributed by atoms with E-state index in [9.17, 15) is 4.79 Å². The summed E-state index contributed by atoms with van der Waals surface area (Å²) < 4.78 is 1.77. The van der Waals surface area contributed by atoms with E-state index in [-0.39, 0.29) is 5.91 Å². The van der Waals surface area contributed by atoms with Crippen molar-refractivity contribution in [3.63, 3.8) is 0 Å². The second-order valence-corrected chi connectivity index (χ2v) is 5.45. The normalized spacial score (nSPS) is 18.3. The highest BCUT2D eigenvalue weighted by Crippen LogP contribution is 2.30. The Kier molecular flexibility index (Phi) is 3.59. The van der Waals surface area contributed by atoms with Gasteiger partial charge in [0.15, 0.2) is 0 Å². The third-order valence-electron chi connectivity index (χ3n) is 4.23. The Bertz CT molecular complexity index is 626. The summed E-state index contributed by atoms with van der Waals surface area (Å²) in [6, 6.07) is 8.50. The van der Waals surface area contributed by atoms with Gasteiger partial charge in [0.2, 0.25) is 5.91 Å². The molecular formula is C16H21N3O. The summed E-state index contributed by atoms with van der Waals surface area (Å²) in [4.78, 5) is 14.3. The first kappa shape index (κ1) is 13.3. The molecule has 2 aromatic rings. The number of carbonyl (C=O) groups excluding carboxylic acids is 1. The van der Waals surface area contributed by atoms with E-state index in [0.29, 0.717) is 6.04 Å². The van der Waals surface area contributed by atoms with Crippen molar-refractivity contribution >= 4 is 16.8 Å². The lowest BCUT2D eigenvalue weighted by atomic mass is 10.1. The van der Waals surface area contributed by atoms with Gasteiger partial charge in [-0.05, 0) is 18.6 Å². The quantitative estimate of drug-likeness (QED) is 0.910. The maximum Gasteiger partial charge on any atom is 0.227 e. The molecule has 0 saturated carbocycles. The number of nitrogens with zero attached hydrogens (tertiary/aromatic N) is 2. The van der Waals surface area contributed by atoms with Gasteiger partial charge in [0, 0.05) is 50.7 Å². The summed E-state index contributed by atoms with van der Waals surface area (Å²) >= 11 is 0. The van der Waals surface area contributed by atoms with Crippen LogP contribution in [0.2, 0.25) is 0 Å². The molecular weight excluding hydrogens is 250 g/mol. The van der Waals surface area contributed by atoms with Gasteiger partial charge in [0.1, 0.15) is 0 Å². The van der Waals surface area contributed by atoms with Crippen LogP contribution < -0.4 is 5.32 Å². The van der Waals surface area contributed by atoms with Gasteiger partial charge in [-0.25, -0.2) is 0 Å². The van der Waals surface area contributed by atoms with Gasteiger partial charge in [-0.1, -0.05) is 18.2 Å². The van der Waals surface area contributed by atoms with Crippen molar-refractivity contribution in [2.75, 3.05) is 26.2 Å². The summed E-state index contributed by atoms with van der Waals surface area (Å²) in [6.07, 6.45) is 2.01. The van der Waals surface area contributed by atoms with Crippen molar-refractivity contribution in [1.29, 1.82) is 0 Å². The van der Waals surface area contributed by atoms with E-state index in [0.717, 1.165) is 31.7 Å². The Morgan fingerprint density at radius 3 is 2.65 bits per heavy atom.